The summed E-state index contributed by atoms with van der Waals surface area (Å²) in [5, 5.41) is 9.66. The van der Waals surface area contributed by atoms with Crippen LogP contribution in [-0.2, 0) is 26.1 Å². The molecule has 1 aliphatic rings. The summed E-state index contributed by atoms with van der Waals surface area (Å²) in [6, 6.07) is 12.9. The first-order valence-corrected chi connectivity index (χ1v) is 16.4. The van der Waals surface area contributed by atoms with Gasteiger partial charge in [-0.3, -0.25) is 9.10 Å². The van der Waals surface area contributed by atoms with Crippen LogP contribution in [-0.4, -0.2) is 57.9 Å². The molecule has 0 bridgehead atoms. The number of carboxylic acid groups (broad SMARTS) is 1. The van der Waals surface area contributed by atoms with Crippen molar-refractivity contribution in [1.82, 2.24) is 0 Å². The molecule has 1 aromatic heterocycles. The van der Waals surface area contributed by atoms with E-state index in [2.05, 4.69) is 0 Å². The van der Waals surface area contributed by atoms with Gasteiger partial charge in [0.2, 0.25) is 10.0 Å². The van der Waals surface area contributed by atoms with E-state index >= 15 is 0 Å². The van der Waals surface area contributed by atoms with Gasteiger partial charge in [-0.1, -0.05) is 13.0 Å². The van der Waals surface area contributed by atoms with E-state index in [0.29, 0.717) is 39.1 Å². The van der Waals surface area contributed by atoms with Gasteiger partial charge in [-0.15, -0.1) is 0 Å². The highest BCUT2D eigenvalue weighted by Gasteiger charge is 2.33. The number of ketones is 1. The lowest BCUT2D eigenvalue weighted by Crippen LogP contribution is -2.34. The molecule has 45 heavy (non-hydrogen) atoms. The summed E-state index contributed by atoms with van der Waals surface area (Å²) in [6.45, 7) is 2.15. The molecule has 238 valence electrons. The Morgan fingerprint density at radius 3 is 2.36 bits per heavy atom. The molecule has 3 aromatic carbocycles. The van der Waals surface area contributed by atoms with Crippen molar-refractivity contribution in [2.45, 2.75) is 38.7 Å². The Morgan fingerprint density at radius 1 is 1.00 bits per heavy atom. The summed E-state index contributed by atoms with van der Waals surface area (Å²) in [4.78, 5) is 24.2. The van der Waals surface area contributed by atoms with E-state index in [1.54, 1.807) is 25.1 Å². The quantitative estimate of drug-likeness (QED) is 0.115. The maximum Gasteiger partial charge on any atom is 0.338 e. The standard InChI is InChI=1S/C33H33F2NO8S/c1-3-29(37)31-26-17-24(21-5-6-21)28(18-30(26)44-32(31)22-7-9-23(34)10-8-22)36(45(2,40)41)12-13-42-14-15-43-19-20-4-11-27(35)25(16-20)33(38)39/h4,7-11,16-18,21H,3,5-6,12-15,19H2,1-2H3,(H,38,39). The van der Waals surface area contributed by atoms with E-state index in [1.165, 1.54) is 28.6 Å². The number of carbonyl (C=O) groups is 2. The predicted octanol–water partition coefficient (Wildman–Crippen LogP) is 6.55. The fourth-order valence-corrected chi connectivity index (χ4v) is 6.11. The molecule has 1 N–H and O–H groups in total. The minimum absolute atomic E-state index is 0.0102. The van der Waals surface area contributed by atoms with Crippen LogP contribution in [0.5, 0.6) is 0 Å². The topological polar surface area (TPSA) is 123 Å². The number of carboxylic acids is 1. The molecule has 5 rings (SSSR count). The fraction of sp³-hybridized carbons (Fsp3) is 0.333. The van der Waals surface area contributed by atoms with Crippen molar-refractivity contribution in [1.29, 1.82) is 0 Å². The zero-order chi connectivity index (χ0) is 32.3. The number of furan rings is 1. The monoisotopic (exact) mass is 641 g/mol. The molecule has 9 nitrogen and oxygen atoms in total. The molecule has 1 aliphatic carbocycles. The second-order valence-electron chi connectivity index (χ2n) is 10.9. The Balaban J connectivity index is 1.33. The Kier molecular flexibility index (Phi) is 9.66. The number of benzene rings is 3. The third-order valence-electron chi connectivity index (χ3n) is 7.57. The molecule has 0 unspecified atom stereocenters. The molecule has 0 radical (unpaired) electrons. The number of nitrogens with zero attached hydrogens (tertiary/aromatic N) is 1. The van der Waals surface area contributed by atoms with Crippen molar-refractivity contribution >= 4 is 38.4 Å². The second kappa shape index (κ2) is 13.5. The number of aromatic carboxylic acids is 1. The molecule has 1 saturated carbocycles. The van der Waals surface area contributed by atoms with Gasteiger partial charge in [0.1, 0.15) is 23.0 Å². The van der Waals surface area contributed by atoms with Crippen molar-refractivity contribution in [3.8, 4) is 11.3 Å². The number of anilines is 1. The Hall–Kier alpha value is -4.13. The van der Waals surface area contributed by atoms with Gasteiger partial charge < -0.3 is 19.0 Å². The lowest BCUT2D eigenvalue weighted by molar-refractivity contribution is 0.0434. The summed E-state index contributed by atoms with van der Waals surface area (Å²) >= 11 is 0. The molecule has 4 aromatic rings. The lowest BCUT2D eigenvalue weighted by Gasteiger charge is -2.25. The lowest BCUT2D eigenvalue weighted by atomic mass is 9.97. The van der Waals surface area contributed by atoms with Crippen LogP contribution in [0.3, 0.4) is 0 Å². The summed E-state index contributed by atoms with van der Waals surface area (Å²) in [5.41, 5.74) is 2.58. The first kappa shape index (κ1) is 32.3. The average Bonchev–Trinajstić information content (AvgIpc) is 3.78. The van der Waals surface area contributed by atoms with Crippen LogP contribution in [0, 0.1) is 11.6 Å². The van der Waals surface area contributed by atoms with Gasteiger partial charge in [-0.2, -0.15) is 0 Å². The minimum atomic E-state index is -3.75. The molecule has 0 amide bonds. The summed E-state index contributed by atoms with van der Waals surface area (Å²) in [6.07, 6.45) is 3.10. The van der Waals surface area contributed by atoms with Gasteiger partial charge in [0.15, 0.2) is 5.78 Å². The van der Waals surface area contributed by atoms with Crippen LogP contribution in [0.1, 0.15) is 63.9 Å². The molecule has 12 heteroatoms. The van der Waals surface area contributed by atoms with E-state index in [1.807, 2.05) is 6.07 Å². The number of ether oxygens (including phenoxy) is 2. The van der Waals surface area contributed by atoms with Gasteiger partial charge in [-0.05, 0) is 72.4 Å². The van der Waals surface area contributed by atoms with Gasteiger partial charge in [0.05, 0.1) is 56.0 Å². The van der Waals surface area contributed by atoms with Gasteiger partial charge in [0, 0.05) is 23.4 Å². The highest BCUT2D eigenvalue weighted by molar-refractivity contribution is 7.92. The highest BCUT2D eigenvalue weighted by Crippen LogP contribution is 2.48. The summed E-state index contributed by atoms with van der Waals surface area (Å²) in [7, 11) is -3.75. The van der Waals surface area contributed by atoms with Crippen molar-refractivity contribution in [3.63, 3.8) is 0 Å². The van der Waals surface area contributed by atoms with Crippen LogP contribution < -0.4 is 4.31 Å². The van der Waals surface area contributed by atoms with Crippen LogP contribution in [0.25, 0.3) is 22.3 Å². The second-order valence-corrected chi connectivity index (χ2v) is 12.8. The Morgan fingerprint density at radius 2 is 1.71 bits per heavy atom. The highest BCUT2D eigenvalue weighted by atomic mass is 32.2. The smallest absolute Gasteiger partial charge is 0.338 e. The van der Waals surface area contributed by atoms with Crippen LogP contribution in [0.15, 0.2) is 59.0 Å². The van der Waals surface area contributed by atoms with Crippen LogP contribution >= 0.6 is 0 Å². The van der Waals surface area contributed by atoms with E-state index in [-0.39, 0.29) is 51.1 Å². The molecule has 0 spiro atoms. The van der Waals surface area contributed by atoms with Crippen LogP contribution in [0.4, 0.5) is 14.5 Å². The van der Waals surface area contributed by atoms with Crippen molar-refractivity contribution in [2.24, 2.45) is 0 Å². The maximum atomic E-state index is 13.6. The molecular weight excluding hydrogens is 608 g/mol. The number of sulfonamides is 1. The van der Waals surface area contributed by atoms with Gasteiger partial charge in [0.25, 0.3) is 0 Å². The number of fused-ring (bicyclic) bond motifs is 1. The van der Waals surface area contributed by atoms with E-state index < -0.39 is 33.2 Å². The number of hydrogen-bond acceptors (Lipinski definition) is 7. The maximum absolute atomic E-state index is 13.6. The zero-order valence-electron chi connectivity index (χ0n) is 24.8. The number of rotatable bonds is 15. The van der Waals surface area contributed by atoms with Crippen LogP contribution in [0.2, 0.25) is 0 Å². The first-order valence-electron chi connectivity index (χ1n) is 14.5. The van der Waals surface area contributed by atoms with Crippen molar-refractivity contribution in [2.75, 3.05) is 36.9 Å². The zero-order valence-corrected chi connectivity index (χ0v) is 25.7. The number of hydrogen-bond donors (Lipinski definition) is 1. The van der Waals surface area contributed by atoms with E-state index in [0.717, 1.165) is 30.7 Å². The fourth-order valence-electron chi connectivity index (χ4n) is 5.19. The van der Waals surface area contributed by atoms with Gasteiger partial charge >= 0.3 is 5.97 Å². The predicted molar refractivity (Wildman–Crippen MR) is 164 cm³/mol. The first-order chi connectivity index (χ1) is 21.5. The molecule has 0 atom stereocenters. The largest absolute Gasteiger partial charge is 0.478 e. The third kappa shape index (κ3) is 7.41. The molecule has 0 saturated heterocycles. The van der Waals surface area contributed by atoms with E-state index in [9.17, 15) is 26.8 Å². The molecule has 0 aliphatic heterocycles. The molecule has 1 heterocycles. The van der Waals surface area contributed by atoms with Crippen molar-refractivity contribution < 1.29 is 45.8 Å². The minimum Gasteiger partial charge on any atom is -0.478 e. The molecular formula is C33H33F2NO8S. The summed E-state index contributed by atoms with van der Waals surface area (Å²) < 4.78 is 71.9. The third-order valence-corrected chi connectivity index (χ3v) is 8.75. The van der Waals surface area contributed by atoms with Crippen molar-refractivity contribution in [3.05, 3.63) is 88.5 Å². The average molecular weight is 642 g/mol. The molecule has 1 fully saturated rings. The number of halogens is 2. The van der Waals surface area contributed by atoms with Gasteiger partial charge in [-0.25, -0.2) is 22.0 Å². The summed E-state index contributed by atoms with van der Waals surface area (Å²) in [5.74, 6) is -2.32. The Labute approximate surface area is 259 Å². The number of carbonyl (C=O) groups excluding carboxylic acids is 1. The van der Waals surface area contributed by atoms with E-state index in [4.69, 9.17) is 19.0 Å². The SMILES string of the molecule is CCC(=O)c1c(-c2ccc(F)cc2)oc2cc(N(CCOCCOCc3ccc(F)c(C(=O)O)c3)S(C)(=O)=O)c(C3CC3)cc12. The Bertz CT molecular complexity index is 1830. The normalized spacial score (nSPS) is 13.3. The number of Topliss-reactive ketones (excluding diaryl/α,β-unsaturated/α-hetero) is 1.